The van der Waals surface area contributed by atoms with Gasteiger partial charge in [-0.1, -0.05) is 72.8 Å². The van der Waals surface area contributed by atoms with Gasteiger partial charge in [-0.05, 0) is 58.4 Å². The molecule has 10 heteroatoms. The van der Waals surface area contributed by atoms with Crippen LogP contribution in [-0.4, -0.2) is 39.8 Å². The van der Waals surface area contributed by atoms with Gasteiger partial charge < -0.3 is 0 Å². The molecule has 0 aromatic heterocycles. The summed E-state index contributed by atoms with van der Waals surface area (Å²) >= 11 is 0. The molecule has 0 N–H and O–H groups in total. The highest BCUT2D eigenvalue weighted by atomic mass is 16.6. The van der Waals surface area contributed by atoms with Gasteiger partial charge in [-0.15, -0.1) is 0 Å². The number of hydrogen-bond acceptors (Lipinski definition) is 7. The van der Waals surface area contributed by atoms with E-state index < -0.39 is 51.7 Å². The lowest BCUT2D eigenvalue weighted by Crippen LogP contribution is -2.55. The van der Waals surface area contributed by atoms with E-state index in [1.54, 1.807) is 12.3 Å². The summed E-state index contributed by atoms with van der Waals surface area (Å²) in [4.78, 5) is 69.3. The number of carbonyl (C=O) groups is 4. The number of nitro groups is 1. The topological polar surface area (TPSA) is 130 Å². The third-order valence-corrected chi connectivity index (χ3v) is 12.0. The van der Waals surface area contributed by atoms with Crippen LogP contribution in [0.5, 0.6) is 0 Å². The Morgan fingerprint density at radius 3 is 1.91 bits per heavy atom. The number of hydrazone groups is 1. The van der Waals surface area contributed by atoms with Gasteiger partial charge >= 0.3 is 0 Å². The minimum atomic E-state index is -1.31. The summed E-state index contributed by atoms with van der Waals surface area (Å²) in [6.45, 7) is 0. The quantitative estimate of drug-likeness (QED) is 0.143. The van der Waals surface area contributed by atoms with Crippen molar-refractivity contribution in [3.63, 3.8) is 0 Å². The van der Waals surface area contributed by atoms with E-state index in [-0.39, 0.29) is 35.0 Å². The highest BCUT2D eigenvalue weighted by Crippen LogP contribution is 2.66. The Morgan fingerprint density at radius 2 is 1.30 bits per heavy atom. The van der Waals surface area contributed by atoms with Crippen LogP contribution in [0, 0.1) is 57.5 Å². The summed E-state index contributed by atoms with van der Waals surface area (Å²) in [5.41, 5.74) is 1.52. The fraction of sp³-hybridized carbons (Fsp3) is 0.306. The third kappa shape index (κ3) is 2.87. The molecule has 2 heterocycles. The van der Waals surface area contributed by atoms with Crippen LogP contribution >= 0.6 is 0 Å². The fourth-order valence-corrected chi connectivity index (χ4v) is 10.3. The van der Waals surface area contributed by atoms with E-state index in [0.717, 1.165) is 38.6 Å². The first-order valence-electron chi connectivity index (χ1n) is 15.8. The molecular formula is C36H26N4O6. The Hall–Kier alpha value is -5.25. The average Bonchev–Trinajstić information content (AvgIpc) is 3.81. The SMILES string of the molecule is O=C1[C@@H]2[C@H]3C=C[C@@H]([C@@H]4C[C@H]34)[C@@H]2C(=O)N1/N=C\C12c3ccccc3C(c3ccccc31)[C@@H]1C(=O)N(c3ccccc3[N+](=O)[O-])C(=O)[C@H]12. The smallest absolute Gasteiger partial charge is 0.274 e. The van der Waals surface area contributed by atoms with E-state index >= 15 is 0 Å². The number of imide groups is 2. The average molecular weight is 611 g/mol. The van der Waals surface area contributed by atoms with E-state index in [9.17, 15) is 29.3 Å². The van der Waals surface area contributed by atoms with Gasteiger partial charge in [0.15, 0.2) is 0 Å². The lowest BCUT2D eigenvalue weighted by atomic mass is 9.47. The number of rotatable bonds is 4. The fourth-order valence-electron chi connectivity index (χ4n) is 10.3. The van der Waals surface area contributed by atoms with Crippen LogP contribution in [0.25, 0.3) is 0 Å². The Balaban J connectivity index is 1.16. The number of allylic oxidation sites excluding steroid dienone is 2. The van der Waals surface area contributed by atoms with Gasteiger partial charge in [0.25, 0.3) is 17.5 Å². The summed E-state index contributed by atoms with van der Waals surface area (Å²) < 4.78 is 0. The number of amides is 4. The number of hydrogen-bond donors (Lipinski definition) is 0. The lowest BCUT2D eigenvalue weighted by Gasteiger charge is -2.52. The van der Waals surface area contributed by atoms with Gasteiger partial charge in [-0.2, -0.15) is 10.1 Å². The van der Waals surface area contributed by atoms with Crippen molar-refractivity contribution in [2.75, 3.05) is 4.90 Å². The predicted molar refractivity (Wildman–Crippen MR) is 163 cm³/mol. The molecule has 46 heavy (non-hydrogen) atoms. The molecule has 4 fully saturated rings. The molecule has 4 amide bonds. The second kappa shape index (κ2) is 8.51. The van der Waals surface area contributed by atoms with E-state index in [1.807, 2.05) is 48.5 Å². The Kier molecular flexibility index (Phi) is 4.81. The van der Waals surface area contributed by atoms with Crippen molar-refractivity contribution >= 4 is 41.2 Å². The highest BCUT2D eigenvalue weighted by molar-refractivity contribution is 6.25. The van der Waals surface area contributed by atoms with Gasteiger partial charge in [0.05, 0.1) is 34.0 Å². The molecule has 3 aromatic rings. The summed E-state index contributed by atoms with van der Waals surface area (Å²) in [6, 6.07) is 21.0. The van der Waals surface area contributed by atoms with E-state index in [0.29, 0.717) is 11.8 Å². The molecule has 8 atom stereocenters. The predicted octanol–water partition coefficient (Wildman–Crippen LogP) is 4.18. The van der Waals surface area contributed by atoms with Crippen LogP contribution in [-0.2, 0) is 24.6 Å². The molecule has 4 bridgehead atoms. The van der Waals surface area contributed by atoms with Gasteiger partial charge in [0.2, 0.25) is 11.8 Å². The maximum absolute atomic E-state index is 14.7. The van der Waals surface area contributed by atoms with Crippen molar-refractivity contribution in [1.82, 2.24) is 5.01 Å². The van der Waals surface area contributed by atoms with E-state index in [1.165, 1.54) is 18.2 Å². The molecule has 2 saturated carbocycles. The van der Waals surface area contributed by atoms with Crippen molar-refractivity contribution in [3.05, 3.63) is 117 Å². The molecular weight excluding hydrogens is 584 g/mol. The number of para-hydroxylation sites is 2. The maximum atomic E-state index is 14.7. The molecule has 2 aliphatic heterocycles. The molecule has 12 rings (SSSR count). The molecule has 226 valence electrons. The summed E-state index contributed by atoms with van der Waals surface area (Å²) in [5, 5.41) is 17.7. The zero-order chi connectivity index (χ0) is 31.2. The zero-order valence-corrected chi connectivity index (χ0v) is 24.3. The van der Waals surface area contributed by atoms with Crippen LogP contribution in [0.4, 0.5) is 11.4 Å². The number of nitrogens with zero attached hydrogens (tertiary/aromatic N) is 4. The molecule has 9 aliphatic rings. The van der Waals surface area contributed by atoms with Crippen LogP contribution < -0.4 is 4.90 Å². The Bertz CT molecular complexity index is 1970. The first kappa shape index (κ1) is 26.0. The van der Waals surface area contributed by atoms with Crippen molar-refractivity contribution in [1.29, 1.82) is 0 Å². The second-order valence-electron chi connectivity index (χ2n) is 13.7. The molecule has 0 radical (unpaired) electrons. The number of anilines is 1. The number of nitro benzene ring substituents is 1. The second-order valence-corrected chi connectivity index (χ2v) is 13.7. The van der Waals surface area contributed by atoms with Gasteiger partial charge in [-0.25, -0.2) is 4.90 Å². The van der Waals surface area contributed by atoms with Crippen LogP contribution in [0.3, 0.4) is 0 Å². The molecule has 10 nitrogen and oxygen atoms in total. The first-order valence-corrected chi connectivity index (χ1v) is 15.8. The van der Waals surface area contributed by atoms with Crippen molar-refractivity contribution in [3.8, 4) is 0 Å². The van der Waals surface area contributed by atoms with E-state index in [4.69, 9.17) is 0 Å². The molecule has 7 aliphatic carbocycles. The van der Waals surface area contributed by atoms with Crippen molar-refractivity contribution in [2.45, 2.75) is 17.8 Å². The maximum Gasteiger partial charge on any atom is 0.293 e. The lowest BCUT2D eigenvalue weighted by molar-refractivity contribution is -0.384. The Labute approximate surface area is 262 Å². The zero-order valence-electron chi connectivity index (χ0n) is 24.3. The minimum Gasteiger partial charge on any atom is -0.274 e. The molecule has 3 aromatic carbocycles. The Morgan fingerprint density at radius 1 is 0.739 bits per heavy atom. The summed E-state index contributed by atoms with van der Waals surface area (Å²) in [6.07, 6.45) is 6.81. The largest absolute Gasteiger partial charge is 0.293 e. The van der Waals surface area contributed by atoms with Crippen molar-refractivity contribution < 1.29 is 24.1 Å². The molecule has 0 spiro atoms. The standard InChI is InChI=1S/C36H26N4O6/c41-32-30-27-19-7-1-3-9-23(19)36(24-10-4-2-8-20(24)27,31(30)35(44)38(32)25-11-5-6-12-26(25)40(45)46)16-37-39-33(42)28-17-13-14-18(22-15-21(17)22)29(28)34(39)43/h1-14,16-18,21-22,27-31H,15H2/b37-16-/t17-,18-,21-,22+,27?,28-,29+,30-,31-,36?/m0/s1. The third-order valence-electron chi connectivity index (χ3n) is 12.0. The van der Waals surface area contributed by atoms with Crippen molar-refractivity contribution in [2.24, 2.45) is 52.4 Å². The minimum absolute atomic E-state index is 0.0371. The van der Waals surface area contributed by atoms with Gasteiger partial charge in [0, 0.05) is 18.2 Å². The first-order chi connectivity index (χ1) is 22.3. The number of carbonyl (C=O) groups excluding carboxylic acids is 4. The van der Waals surface area contributed by atoms with Crippen LogP contribution in [0.15, 0.2) is 90.0 Å². The normalized spacial score (nSPS) is 37.0. The number of benzene rings is 3. The molecule has 0 unspecified atom stereocenters. The summed E-state index contributed by atoms with van der Waals surface area (Å²) in [7, 11) is 0. The highest BCUT2D eigenvalue weighted by Gasteiger charge is 2.70. The monoisotopic (exact) mass is 610 g/mol. The van der Waals surface area contributed by atoms with Crippen LogP contribution in [0.1, 0.15) is 34.6 Å². The van der Waals surface area contributed by atoms with E-state index in [2.05, 4.69) is 17.3 Å². The van der Waals surface area contributed by atoms with Gasteiger partial charge in [0.1, 0.15) is 5.69 Å². The summed E-state index contributed by atoms with van der Waals surface area (Å²) in [5.74, 6) is -3.96. The molecule has 2 saturated heterocycles. The van der Waals surface area contributed by atoms with Crippen LogP contribution in [0.2, 0.25) is 0 Å². The van der Waals surface area contributed by atoms with Gasteiger partial charge in [-0.3, -0.25) is 29.3 Å².